The molecule has 2 aliphatic heterocycles. The lowest BCUT2D eigenvalue weighted by molar-refractivity contribution is 0.864. The Morgan fingerprint density at radius 3 is 2.00 bits per heavy atom. The van der Waals surface area contributed by atoms with Crippen LogP contribution in [0.3, 0.4) is 0 Å². The lowest BCUT2D eigenvalue weighted by atomic mass is 10.6. The van der Waals surface area contributed by atoms with Crippen LogP contribution >= 0.6 is 0 Å². The highest BCUT2D eigenvalue weighted by molar-refractivity contribution is 5.51. The summed E-state index contributed by atoms with van der Waals surface area (Å²) in [4.78, 5) is 0. The first kappa shape index (κ1) is 2.50. The summed E-state index contributed by atoms with van der Waals surface area (Å²) in [7, 11) is 2.06. The molecule has 0 aromatic heterocycles. The third kappa shape index (κ3) is 0.0777. The monoisotopic (exact) mass is 82.1 g/mol. The lowest BCUT2D eigenvalue weighted by Crippen LogP contribution is -1.76. The van der Waals surface area contributed by atoms with Gasteiger partial charge in [0.2, 0.25) is 0 Å². The van der Waals surface area contributed by atoms with Crippen molar-refractivity contribution in [2.24, 2.45) is 7.05 Å². The fourth-order valence-electron chi connectivity index (χ4n) is 0.857. The van der Waals surface area contributed by atoms with Crippen molar-refractivity contribution in [3.8, 4) is 5.82 Å². The molecule has 0 spiro atoms. The van der Waals surface area contributed by atoms with Crippen LogP contribution in [-0.4, -0.2) is 9.36 Å². The van der Waals surface area contributed by atoms with Gasteiger partial charge in [-0.25, -0.2) is 4.68 Å². The average Bonchev–Trinajstić information content (AvgIpc) is 2.28. The van der Waals surface area contributed by atoms with Crippen LogP contribution in [0.4, 0.5) is 0 Å². The average molecular weight is 82.1 g/mol. The van der Waals surface area contributed by atoms with Crippen molar-refractivity contribution in [1.82, 2.24) is 9.36 Å². The fourth-order valence-corrected chi connectivity index (χ4v) is 0.857. The molecule has 2 heterocycles. The number of aryl methyl sites for hydroxylation is 2. The van der Waals surface area contributed by atoms with Crippen molar-refractivity contribution in [2.45, 2.75) is 6.92 Å². The largest absolute Gasteiger partial charge is 0.264 e. The quantitative estimate of drug-likeness (QED) is 0.436. The van der Waals surface area contributed by atoms with Crippen LogP contribution < -0.4 is 0 Å². The van der Waals surface area contributed by atoms with Crippen molar-refractivity contribution in [1.29, 1.82) is 0 Å². The van der Waals surface area contributed by atoms with Crippen LogP contribution in [0.2, 0.25) is 0 Å². The number of nitrogens with zero attached hydrogens (tertiary/aromatic N) is 2. The molecular formula is C4H6N2. The SMILES string of the molecule is Cc1c2n(C)n1-2. The highest BCUT2D eigenvalue weighted by Crippen LogP contribution is 2.35. The molecule has 0 aromatic rings. The van der Waals surface area contributed by atoms with Gasteiger partial charge in [-0.2, -0.15) is 0 Å². The first-order chi connectivity index (χ1) is 2.82. The van der Waals surface area contributed by atoms with Crippen molar-refractivity contribution in [3.63, 3.8) is 0 Å². The molecule has 2 nitrogen and oxygen atoms in total. The van der Waals surface area contributed by atoms with E-state index in [4.69, 9.17) is 0 Å². The van der Waals surface area contributed by atoms with E-state index in [9.17, 15) is 0 Å². The van der Waals surface area contributed by atoms with E-state index in [2.05, 4.69) is 23.3 Å². The Hall–Kier alpha value is -0.660. The summed E-state index contributed by atoms with van der Waals surface area (Å²) in [6.07, 6.45) is 0. The second-order valence-corrected chi connectivity index (χ2v) is 1.74. The van der Waals surface area contributed by atoms with Crippen molar-refractivity contribution < 1.29 is 0 Å². The van der Waals surface area contributed by atoms with Crippen molar-refractivity contribution >= 4 is 0 Å². The van der Waals surface area contributed by atoms with E-state index < -0.39 is 0 Å². The Bertz CT molecular complexity index is 156. The molecule has 0 amide bonds. The zero-order chi connectivity index (χ0) is 4.31. The number of hydrogen-bond donors (Lipinski definition) is 0. The molecule has 2 heteroatoms. The fraction of sp³-hybridized carbons (Fsp3) is 0.500. The molecular weight excluding hydrogens is 76.1 g/mol. The maximum absolute atomic E-state index is 2.17. The summed E-state index contributed by atoms with van der Waals surface area (Å²) in [5, 5.41) is 0. The molecule has 0 saturated heterocycles. The first-order valence-corrected chi connectivity index (χ1v) is 2.07. The Labute approximate surface area is 36.0 Å². The van der Waals surface area contributed by atoms with Gasteiger partial charge in [-0.15, -0.1) is 0 Å². The molecule has 0 N–H and O–H groups in total. The molecule has 0 aliphatic carbocycles. The summed E-state index contributed by atoms with van der Waals surface area (Å²) in [5.74, 6) is 1.43. The van der Waals surface area contributed by atoms with E-state index in [0.29, 0.717) is 0 Å². The molecule has 0 atom stereocenters. The van der Waals surface area contributed by atoms with E-state index in [-0.39, 0.29) is 0 Å². The van der Waals surface area contributed by atoms with E-state index in [0.717, 1.165) is 0 Å². The van der Waals surface area contributed by atoms with Crippen molar-refractivity contribution in [3.05, 3.63) is 5.69 Å². The standard InChI is InChI=1S/C4H6N2/c1-3-4-5(2)6(3)4/h1-2H3. The smallest absolute Gasteiger partial charge is 0.169 e. The predicted molar refractivity (Wildman–Crippen MR) is 23.0 cm³/mol. The Kier molecular flexibility index (Phi) is 0.157. The number of aromatic nitrogens is 2. The summed E-state index contributed by atoms with van der Waals surface area (Å²) in [6, 6.07) is 0. The molecule has 0 fully saturated rings. The maximum atomic E-state index is 2.17. The zero-order valence-electron chi connectivity index (χ0n) is 3.89. The number of hydrogen-bond acceptors (Lipinski definition) is 0. The number of fused-ring (bicyclic) bond motifs is 1. The predicted octanol–water partition coefficient (Wildman–Crippen LogP) is 0.438. The molecule has 0 aromatic carbocycles. The van der Waals surface area contributed by atoms with Gasteiger partial charge in [-0.05, 0) is 6.92 Å². The molecule has 6 heavy (non-hydrogen) atoms. The van der Waals surface area contributed by atoms with Gasteiger partial charge in [0.1, 0.15) is 0 Å². The Morgan fingerprint density at radius 1 is 1.50 bits per heavy atom. The van der Waals surface area contributed by atoms with E-state index in [1.807, 2.05) is 0 Å². The maximum Gasteiger partial charge on any atom is 0.169 e. The normalized spacial score (nSPS) is 13.0. The van der Waals surface area contributed by atoms with Crippen molar-refractivity contribution in [2.75, 3.05) is 0 Å². The van der Waals surface area contributed by atoms with Crippen LogP contribution in [0, 0.1) is 6.92 Å². The minimum atomic E-state index is 1.43. The minimum absolute atomic E-state index is 1.43. The van der Waals surface area contributed by atoms with Gasteiger partial charge in [-0.3, -0.25) is 4.68 Å². The summed E-state index contributed by atoms with van der Waals surface area (Å²) in [6.45, 7) is 2.12. The van der Waals surface area contributed by atoms with Crippen LogP contribution in [0.5, 0.6) is 0 Å². The first-order valence-electron chi connectivity index (χ1n) is 2.07. The highest BCUT2D eigenvalue weighted by atomic mass is 15.7. The van der Waals surface area contributed by atoms with Gasteiger partial charge < -0.3 is 0 Å². The minimum Gasteiger partial charge on any atom is -0.264 e. The van der Waals surface area contributed by atoms with Gasteiger partial charge in [0.15, 0.2) is 5.82 Å². The lowest BCUT2D eigenvalue weighted by Gasteiger charge is -1.71. The van der Waals surface area contributed by atoms with Crippen LogP contribution in [0.25, 0.3) is 5.82 Å². The van der Waals surface area contributed by atoms with Gasteiger partial charge in [0.05, 0.1) is 5.69 Å². The topological polar surface area (TPSA) is 9.86 Å². The van der Waals surface area contributed by atoms with Crippen LogP contribution in [0.1, 0.15) is 5.69 Å². The zero-order valence-corrected chi connectivity index (χ0v) is 3.89. The molecule has 2 aliphatic rings. The summed E-state index contributed by atoms with van der Waals surface area (Å²) in [5.41, 5.74) is 1.44. The van der Waals surface area contributed by atoms with Gasteiger partial charge in [0.25, 0.3) is 0 Å². The third-order valence-electron chi connectivity index (χ3n) is 1.36. The molecule has 2 rings (SSSR count). The van der Waals surface area contributed by atoms with Crippen LogP contribution in [-0.2, 0) is 7.05 Å². The summed E-state index contributed by atoms with van der Waals surface area (Å²) >= 11 is 0. The second-order valence-electron chi connectivity index (χ2n) is 1.74. The highest BCUT2D eigenvalue weighted by Gasteiger charge is 2.33. The molecule has 0 unspecified atom stereocenters. The molecule has 0 saturated carbocycles. The van der Waals surface area contributed by atoms with Gasteiger partial charge in [-0.1, -0.05) is 0 Å². The Morgan fingerprint density at radius 2 is 2.00 bits per heavy atom. The molecule has 0 bridgehead atoms. The summed E-state index contributed by atoms with van der Waals surface area (Å²) < 4.78 is 4.29. The second kappa shape index (κ2) is 0.376. The molecule has 0 radical (unpaired) electrons. The third-order valence-corrected chi connectivity index (χ3v) is 1.36. The van der Waals surface area contributed by atoms with Gasteiger partial charge >= 0.3 is 0 Å². The van der Waals surface area contributed by atoms with Crippen LogP contribution in [0.15, 0.2) is 0 Å². The Balaban J connectivity index is 2.61. The van der Waals surface area contributed by atoms with E-state index in [1.54, 1.807) is 0 Å². The molecule has 32 valence electrons. The van der Waals surface area contributed by atoms with E-state index >= 15 is 0 Å². The number of rotatable bonds is 0. The van der Waals surface area contributed by atoms with Gasteiger partial charge in [0, 0.05) is 7.05 Å². The van der Waals surface area contributed by atoms with E-state index in [1.165, 1.54) is 11.5 Å².